The van der Waals surface area contributed by atoms with E-state index in [0.717, 1.165) is 26.1 Å². The molecule has 0 bridgehead atoms. The number of halogens is 2. The van der Waals surface area contributed by atoms with E-state index in [1.54, 1.807) is 25.3 Å². The second kappa shape index (κ2) is 15.7. The van der Waals surface area contributed by atoms with Crippen LogP contribution in [0.5, 0.6) is 5.75 Å². The summed E-state index contributed by atoms with van der Waals surface area (Å²) < 4.78 is 15.9. The third-order valence-corrected chi connectivity index (χ3v) is 3.51. The third-order valence-electron chi connectivity index (χ3n) is 2.71. The van der Waals surface area contributed by atoms with Gasteiger partial charge in [-0.05, 0) is 25.1 Å². The fraction of sp³-hybridized carbons (Fsp3) is 0.500. The van der Waals surface area contributed by atoms with Crippen molar-refractivity contribution in [2.75, 3.05) is 46.6 Å². The quantitative estimate of drug-likeness (QED) is 0.374. The maximum Gasteiger partial charge on any atom is 0.414 e. The summed E-state index contributed by atoms with van der Waals surface area (Å²) in [5.74, 6) is -3.06. The van der Waals surface area contributed by atoms with Gasteiger partial charge in [-0.25, -0.2) is 9.59 Å². The summed E-state index contributed by atoms with van der Waals surface area (Å²) in [7, 11) is 1.70. The van der Waals surface area contributed by atoms with Crippen molar-refractivity contribution in [1.29, 1.82) is 0 Å². The smallest absolute Gasteiger partial charge is 0.414 e. The molecule has 0 unspecified atom stereocenters. The minimum absolute atomic E-state index is 0.439. The molecule has 1 rings (SSSR count). The lowest BCUT2D eigenvalue weighted by Gasteiger charge is -2.09. The first-order chi connectivity index (χ1) is 12.4. The zero-order valence-electron chi connectivity index (χ0n) is 14.4. The van der Waals surface area contributed by atoms with E-state index in [1.165, 1.54) is 0 Å². The lowest BCUT2D eigenvalue weighted by molar-refractivity contribution is -0.159. The van der Waals surface area contributed by atoms with Crippen molar-refractivity contribution < 1.29 is 34.0 Å². The molecule has 0 aliphatic carbocycles. The number of benzene rings is 1. The Morgan fingerprint density at radius 3 is 2.35 bits per heavy atom. The molecule has 0 aromatic heterocycles. The van der Waals surface area contributed by atoms with E-state index < -0.39 is 11.9 Å². The average Bonchev–Trinajstić information content (AvgIpc) is 2.60. The lowest BCUT2D eigenvalue weighted by atomic mass is 10.3. The Kier molecular flexibility index (Phi) is 14.7. The van der Waals surface area contributed by atoms with Crippen molar-refractivity contribution in [2.24, 2.45) is 0 Å². The summed E-state index contributed by atoms with van der Waals surface area (Å²) in [5, 5.41) is 19.0. The summed E-state index contributed by atoms with van der Waals surface area (Å²) in [6.45, 7) is 4.15. The molecular formula is C16H23Cl2NO7. The van der Waals surface area contributed by atoms with Crippen LogP contribution in [0.2, 0.25) is 10.0 Å². The molecule has 0 heterocycles. The first kappa shape index (κ1) is 24.4. The van der Waals surface area contributed by atoms with Gasteiger partial charge in [0.25, 0.3) is 0 Å². The highest BCUT2D eigenvalue weighted by atomic mass is 35.5. The van der Waals surface area contributed by atoms with Crippen LogP contribution in [0.4, 0.5) is 0 Å². The van der Waals surface area contributed by atoms with Crippen LogP contribution in [0.3, 0.4) is 0 Å². The zero-order chi connectivity index (χ0) is 19.8. The molecular weight excluding hydrogens is 389 g/mol. The van der Waals surface area contributed by atoms with Gasteiger partial charge < -0.3 is 29.7 Å². The highest BCUT2D eigenvalue weighted by Gasteiger charge is 2.05. The van der Waals surface area contributed by atoms with E-state index in [-0.39, 0.29) is 0 Å². The largest absolute Gasteiger partial charge is 0.490 e. The molecule has 0 aliphatic heterocycles. The molecule has 0 radical (unpaired) electrons. The van der Waals surface area contributed by atoms with Crippen LogP contribution in [-0.4, -0.2) is 68.8 Å². The fourth-order valence-electron chi connectivity index (χ4n) is 1.52. The minimum Gasteiger partial charge on any atom is -0.490 e. The van der Waals surface area contributed by atoms with Crippen LogP contribution < -0.4 is 10.1 Å². The van der Waals surface area contributed by atoms with Crippen molar-refractivity contribution in [1.82, 2.24) is 5.32 Å². The fourth-order valence-corrected chi connectivity index (χ4v) is 1.87. The van der Waals surface area contributed by atoms with E-state index in [2.05, 4.69) is 5.32 Å². The molecule has 1 aromatic carbocycles. The average molecular weight is 412 g/mol. The molecule has 0 saturated heterocycles. The van der Waals surface area contributed by atoms with E-state index in [4.69, 9.17) is 57.2 Å². The molecule has 3 N–H and O–H groups in total. The van der Waals surface area contributed by atoms with Crippen LogP contribution in [0, 0.1) is 0 Å². The molecule has 148 valence electrons. The normalized spacial score (nSPS) is 9.96. The Bertz CT molecular complexity index is 531. The molecule has 0 aliphatic rings. The molecule has 0 amide bonds. The summed E-state index contributed by atoms with van der Waals surface area (Å²) in [5.41, 5.74) is 0. The number of carboxylic acid groups (broad SMARTS) is 2. The lowest BCUT2D eigenvalue weighted by Crippen LogP contribution is -2.22. The molecule has 0 atom stereocenters. The van der Waals surface area contributed by atoms with Gasteiger partial charge in [0.05, 0.1) is 18.2 Å². The van der Waals surface area contributed by atoms with E-state index in [9.17, 15) is 0 Å². The molecule has 26 heavy (non-hydrogen) atoms. The highest BCUT2D eigenvalue weighted by Crippen LogP contribution is 2.31. The van der Waals surface area contributed by atoms with Crippen molar-refractivity contribution in [3.63, 3.8) is 0 Å². The standard InChI is InChI=1S/C14H21Cl2NO3.C2H2O4/c1-18-8-3-6-17-7-9-19-10-11-20-13-5-2-4-12(15)14(13)16;3-1(4)2(5)6/h2,4-5,17H,3,6-11H2,1H3;(H,3,4)(H,5,6). The number of carboxylic acids is 2. The Balaban J connectivity index is 0.000000896. The predicted molar refractivity (Wildman–Crippen MR) is 97.4 cm³/mol. The van der Waals surface area contributed by atoms with Crippen molar-refractivity contribution >= 4 is 35.1 Å². The van der Waals surface area contributed by atoms with Gasteiger partial charge in [-0.3, -0.25) is 0 Å². The van der Waals surface area contributed by atoms with Gasteiger partial charge in [0, 0.05) is 20.3 Å². The van der Waals surface area contributed by atoms with Crippen LogP contribution in [0.1, 0.15) is 6.42 Å². The summed E-state index contributed by atoms with van der Waals surface area (Å²) in [6, 6.07) is 5.31. The van der Waals surface area contributed by atoms with Crippen molar-refractivity contribution in [2.45, 2.75) is 6.42 Å². The Hall–Kier alpha value is -1.58. The van der Waals surface area contributed by atoms with Gasteiger partial charge in [-0.1, -0.05) is 29.3 Å². The second-order valence-corrected chi connectivity index (χ2v) is 5.50. The molecule has 0 fully saturated rings. The van der Waals surface area contributed by atoms with Crippen LogP contribution >= 0.6 is 23.2 Å². The number of rotatable bonds is 11. The summed E-state index contributed by atoms with van der Waals surface area (Å²) in [6.07, 6.45) is 1.01. The topological polar surface area (TPSA) is 114 Å². The highest BCUT2D eigenvalue weighted by molar-refractivity contribution is 6.42. The molecule has 10 heteroatoms. The molecule has 0 spiro atoms. The van der Waals surface area contributed by atoms with Gasteiger partial charge in [-0.2, -0.15) is 0 Å². The van der Waals surface area contributed by atoms with Crippen LogP contribution in [-0.2, 0) is 19.1 Å². The maximum absolute atomic E-state index is 9.10. The van der Waals surface area contributed by atoms with Gasteiger partial charge in [-0.15, -0.1) is 0 Å². The first-order valence-corrected chi connectivity index (χ1v) is 8.46. The van der Waals surface area contributed by atoms with Crippen molar-refractivity contribution in [3.05, 3.63) is 28.2 Å². The molecule has 1 aromatic rings. The monoisotopic (exact) mass is 411 g/mol. The Labute approximate surface area is 161 Å². The molecule has 8 nitrogen and oxygen atoms in total. The number of ether oxygens (including phenoxy) is 3. The van der Waals surface area contributed by atoms with E-state index in [0.29, 0.717) is 35.6 Å². The summed E-state index contributed by atoms with van der Waals surface area (Å²) in [4.78, 5) is 18.2. The minimum atomic E-state index is -1.82. The predicted octanol–water partition coefficient (Wildman–Crippen LogP) is 2.17. The van der Waals surface area contributed by atoms with E-state index in [1.807, 2.05) is 0 Å². The first-order valence-electron chi connectivity index (χ1n) is 7.70. The van der Waals surface area contributed by atoms with Crippen LogP contribution in [0.25, 0.3) is 0 Å². The number of hydrogen-bond donors (Lipinski definition) is 3. The number of methoxy groups -OCH3 is 1. The van der Waals surface area contributed by atoms with Gasteiger partial charge >= 0.3 is 11.9 Å². The van der Waals surface area contributed by atoms with Gasteiger partial charge in [0.1, 0.15) is 17.4 Å². The van der Waals surface area contributed by atoms with Gasteiger partial charge in [0.2, 0.25) is 0 Å². The number of hydrogen-bond acceptors (Lipinski definition) is 6. The number of nitrogens with one attached hydrogen (secondary N) is 1. The van der Waals surface area contributed by atoms with E-state index >= 15 is 0 Å². The Morgan fingerprint density at radius 1 is 1.04 bits per heavy atom. The summed E-state index contributed by atoms with van der Waals surface area (Å²) >= 11 is 11.9. The maximum atomic E-state index is 9.10. The van der Waals surface area contributed by atoms with Gasteiger partial charge in [0.15, 0.2) is 0 Å². The zero-order valence-corrected chi connectivity index (χ0v) is 15.9. The Morgan fingerprint density at radius 2 is 1.73 bits per heavy atom. The molecule has 0 saturated carbocycles. The van der Waals surface area contributed by atoms with Crippen molar-refractivity contribution in [3.8, 4) is 5.75 Å². The third kappa shape index (κ3) is 12.7. The second-order valence-electron chi connectivity index (χ2n) is 4.72. The SMILES string of the molecule is COCCCNCCOCCOc1cccc(Cl)c1Cl.O=C(O)C(=O)O. The number of aliphatic carboxylic acids is 2. The number of carbonyl (C=O) groups is 2. The van der Waals surface area contributed by atoms with Crippen LogP contribution in [0.15, 0.2) is 18.2 Å².